The first-order chi connectivity index (χ1) is 8.13. The van der Waals surface area contributed by atoms with Crippen LogP contribution in [0.4, 0.5) is 0 Å². The molecule has 1 aromatic rings. The van der Waals surface area contributed by atoms with E-state index in [9.17, 15) is 0 Å². The molecule has 1 aliphatic rings. The number of nitrogens with one attached hydrogen (secondary N) is 1. The van der Waals surface area contributed by atoms with Crippen molar-refractivity contribution in [2.75, 3.05) is 0 Å². The molecule has 0 aromatic carbocycles. The Bertz CT molecular complexity index is 341. The topological polar surface area (TPSA) is 47.3 Å². The van der Waals surface area contributed by atoms with Gasteiger partial charge in [-0.1, -0.05) is 13.0 Å². The molecular weight excluding hydrogens is 232 g/mol. The van der Waals surface area contributed by atoms with Crippen LogP contribution in [0.25, 0.3) is 0 Å². The Hall–Kier alpha value is -0.420. The van der Waals surface area contributed by atoms with E-state index >= 15 is 0 Å². The summed E-state index contributed by atoms with van der Waals surface area (Å²) in [5, 5.41) is 2.11. The van der Waals surface area contributed by atoms with Gasteiger partial charge in [0, 0.05) is 16.8 Å². The number of thiophene rings is 1. The number of hydrazine groups is 1. The van der Waals surface area contributed by atoms with Crippen molar-refractivity contribution in [2.45, 2.75) is 45.4 Å². The van der Waals surface area contributed by atoms with Gasteiger partial charge in [-0.2, -0.15) is 0 Å². The van der Waals surface area contributed by atoms with Crippen LogP contribution < -0.4 is 11.3 Å². The van der Waals surface area contributed by atoms with Crippen LogP contribution >= 0.6 is 11.3 Å². The van der Waals surface area contributed by atoms with Crippen molar-refractivity contribution in [3.63, 3.8) is 0 Å². The van der Waals surface area contributed by atoms with E-state index in [2.05, 4.69) is 43.7 Å². The van der Waals surface area contributed by atoms with Crippen molar-refractivity contribution in [1.29, 1.82) is 0 Å². The van der Waals surface area contributed by atoms with Gasteiger partial charge in [0.1, 0.15) is 0 Å². The Balaban J connectivity index is 2.07. The first-order valence-electron chi connectivity index (χ1n) is 6.27. The average Bonchev–Trinajstić information content (AvgIpc) is 2.87. The first-order valence-corrected chi connectivity index (χ1v) is 7.15. The quantitative estimate of drug-likeness (QED) is 0.639. The van der Waals surface area contributed by atoms with Crippen LogP contribution in [-0.2, 0) is 11.2 Å². The minimum Gasteiger partial charge on any atom is -0.375 e. The average molecular weight is 254 g/mol. The van der Waals surface area contributed by atoms with Crippen molar-refractivity contribution in [3.05, 3.63) is 22.4 Å². The van der Waals surface area contributed by atoms with Crippen LogP contribution in [-0.4, -0.2) is 18.2 Å². The lowest BCUT2D eigenvalue weighted by atomic mass is 9.82. The molecule has 0 amide bonds. The summed E-state index contributed by atoms with van der Waals surface area (Å²) >= 11 is 1.79. The van der Waals surface area contributed by atoms with E-state index in [0.29, 0.717) is 24.0 Å². The monoisotopic (exact) mass is 254 g/mol. The molecule has 0 spiro atoms. The third kappa shape index (κ3) is 2.71. The second kappa shape index (κ2) is 5.48. The summed E-state index contributed by atoms with van der Waals surface area (Å²) in [7, 11) is 0. The fraction of sp³-hybridized carbons (Fsp3) is 0.692. The van der Waals surface area contributed by atoms with Crippen LogP contribution in [0.3, 0.4) is 0 Å². The lowest BCUT2D eigenvalue weighted by molar-refractivity contribution is 0.0476. The highest BCUT2D eigenvalue weighted by Gasteiger charge is 2.41. The zero-order valence-electron chi connectivity index (χ0n) is 10.7. The molecule has 2 rings (SSSR count). The van der Waals surface area contributed by atoms with E-state index < -0.39 is 0 Å². The summed E-state index contributed by atoms with van der Waals surface area (Å²) in [6.07, 6.45) is 1.60. The van der Waals surface area contributed by atoms with Crippen molar-refractivity contribution in [3.8, 4) is 0 Å². The summed E-state index contributed by atoms with van der Waals surface area (Å²) in [5.41, 5.74) is 2.99. The number of rotatable bonds is 4. The molecule has 3 nitrogen and oxygen atoms in total. The number of ether oxygens (including phenoxy) is 1. The zero-order chi connectivity index (χ0) is 12.4. The van der Waals surface area contributed by atoms with Gasteiger partial charge in [0.25, 0.3) is 0 Å². The standard InChI is InChI=1S/C13H22N2OS/c1-8-9(2)16-10(3)13(8)12(15-14)7-11-5-4-6-17-11/h4-6,8-10,12-13,15H,7,14H2,1-3H3. The predicted molar refractivity (Wildman–Crippen MR) is 71.8 cm³/mol. The third-order valence-corrected chi connectivity index (χ3v) is 4.90. The van der Waals surface area contributed by atoms with Crippen LogP contribution in [0.2, 0.25) is 0 Å². The maximum Gasteiger partial charge on any atom is 0.0597 e. The lowest BCUT2D eigenvalue weighted by Gasteiger charge is -2.28. The Labute approximate surface area is 107 Å². The van der Waals surface area contributed by atoms with Gasteiger partial charge in [-0.25, -0.2) is 0 Å². The Kier molecular flexibility index (Phi) is 4.20. The third-order valence-electron chi connectivity index (χ3n) is 4.00. The molecule has 96 valence electrons. The second-order valence-corrected chi connectivity index (χ2v) is 6.07. The van der Waals surface area contributed by atoms with E-state index in [0.717, 1.165) is 6.42 Å². The van der Waals surface area contributed by atoms with Gasteiger partial charge < -0.3 is 4.74 Å². The van der Waals surface area contributed by atoms with Crippen LogP contribution in [0.1, 0.15) is 25.6 Å². The van der Waals surface area contributed by atoms with Gasteiger partial charge >= 0.3 is 0 Å². The highest BCUT2D eigenvalue weighted by molar-refractivity contribution is 7.09. The molecular formula is C13H22N2OS. The molecule has 1 aromatic heterocycles. The van der Waals surface area contributed by atoms with Gasteiger partial charge in [0.05, 0.1) is 12.2 Å². The Morgan fingerprint density at radius 1 is 1.41 bits per heavy atom. The molecule has 4 heteroatoms. The fourth-order valence-electron chi connectivity index (χ4n) is 2.94. The summed E-state index contributed by atoms with van der Waals surface area (Å²) in [5.74, 6) is 6.77. The molecule has 0 saturated carbocycles. The van der Waals surface area contributed by atoms with Gasteiger partial charge in [-0.05, 0) is 37.6 Å². The van der Waals surface area contributed by atoms with E-state index in [1.165, 1.54) is 4.88 Å². The molecule has 0 radical (unpaired) electrons. The van der Waals surface area contributed by atoms with Gasteiger partial charge in [0.15, 0.2) is 0 Å². The molecule has 3 N–H and O–H groups in total. The molecule has 1 saturated heterocycles. The molecule has 5 unspecified atom stereocenters. The Morgan fingerprint density at radius 3 is 2.65 bits per heavy atom. The smallest absolute Gasteiger partial charge is 0.0597 e. The minimum atomic E-state index is 0.279. The van der Waals surface area contributed by atoms with E-state index in [1.54, 1.807) is 11.3 Å². The Morgan fingerprint density at radius 2 is 2.18 bits per heavy atom. The van der Waals surface area contributed by atoms with Crippen molar-refractivity contribution >= 4 is 11.3 Å². The first kappa shape index (κ1) is 13.0. The maximum atomic E-state index is 5.90. The number of hydrogen-bond donors (Lipinski definition) is 2. The molecule has 17 heavy (non-hydrogen) atoms. The summed E-state index contributed by atoms with van der Waals surface area (Å²) in [4.78, 5) is 1.38. The molecule has 5 atom stereocenters. The van der Waals surface area contributed by atoms with Crippen LogP contribution in [0.5, 0.6) is 0 Å². The molecule has 0 aliphatic carbocycles. The summed E-state index contributed by atoms with van der Waals surface area (Å²) in [6.45, 7) is 6.57. The van der Waals surface area contributed by atoms with E-state index in [-0.39, 0.29) is 6.10 Å². The molecule has 1 fully saturated rings. The highest BCUT2D eigenvalue weighted by Crippen LogP contribution is 2.35. The number of nitrogens with two attached hydrogens (primary N) is 1. The van der Waals surface area contributed by atoms with Crippen molar-refractivity contribution in [1.82, 2.24) is 5.43 Å². The van der Waals surface area contributed by atoms with Crippen molar-refractivity contribution in [2.24, 2.45) is 17.7 Å². The highest BCUT2D eigenvalue weighted by atomic mass is 32.1. The minimum absolute atomic E-state index is 0.279. The van der Waals surface area contributed by atoms with Crippen LogP contribution in [0.15, 0.2) is 17.5 Å². The van der Waals surface area contributed by atoms with Gasteiger partial charge in [-0.3, -0.25) is 11.3 Å². The summed E-state index contributed by atoms with van der Waals surface area (Å²) in [6, 6.07) is 4.56. The summed E-state index contributed by atoms with van der Waals surface area (Å²) < 4.78 is 5.90. The maximum absolute atomic E-state index is 5.90. The molecule has 2 heterocycles. The predicted octanol–water partition coefficient (Wildman–Crippen LogP) is 2.18. The van der Waals surface area contributed by atoms with E-state index in [4.69, 9.17) is 10.6 Å². The van der Waals surface area contributed by atoms with Crippen molar-refractivity contribution < 1.29 is 4.74 Å². The fourth-order valence-corrected chi connectivity index (χ4v) is 3.70. The SMILES string of the molecule is CC1OC(C)C(C(Cc2cccs2)NN)C1C. The molecule has 1 aliphatic heterocycles. The van der Waals surface area contributed by atoms with Gasteiger partial charge in [-0.15, -0.1) is 11.3 Å². The lowest BCUT2D eigenvalue weighted by Crippen LogP contribution is -2.46. The zero-order valence-corrected chi connectivity index (χ0v) is 11.5. The molecule has 0 bridgehead atoms. The normalized spacial score (nSPS) is 35.1. The van der Waals surface area contributed by atoms with Gasteiger partial charge in [0.2, 0.25) is 0 Å². The second-order valence-electron chi connectivity index (χ2n) is 5.04. The largest absolute Gasteiger partial charge is 0.375 e. The van der Waals surface area contributed by atoms with E-state index in [1.807, 2.05) is 0 Å². The number of hydrogen-bond acceptors (Lipinski definition) is 4. The van der Waals surface area contributed by atoms with Crippen LogP contribution in [0, 0.1) is 11.8 Å².